The van der Waals surface area contributed by atoms with Crippen molar-refractivity contribution in [3.8, 4) is 0 Å². The molecule has 0 bridgehead atoms. The van der Waals surface area contributed by atoms with Crippen LogP contribution < -0.4 is 5.32 Å². The zero-order valence-corrected chi connectivity index (χ0v) is 10.4. The predicted octanol–water partition coefficient (Wildman–Crippen LogP) is 2.62. The van der Waals surface area contributed by atoms with E-state index in [1.165, 1.54) is 12.1 Å². The highest BCUT2D eigenvalue weighted by Gasteiger charge is 2.14. The summed E-state index contributed by atoms with van der Waals surface area (Å²) >= 11 is 3.29. The van der Waals surface area contributed by atoms with E-state index in [4.69, 9.17) is 0 Å². The number of halogens is 2. The van der Waals surface area contributed by atoms with Crippen molar-refractivity contribution in [1.29, 1.82) is 0 Å². The smallest absolute Gasteiger partial charge is 0.124 e. The van der Waals surface area contributed by atoms with E-state index in [0.717, 1.165) is 5.56 Å². The van der Waals surface area contributed by atoms with Gasteiger partial charge in [0.1, 0.15) is 5.82 Å². The summed E-state index contributed by atoms with van der Waals surface area (Å²) in [6, 6.07) is 4.57. The van der Waals surface area contributed by atoms with Crippen LogP contribution in [0.3, 0.4) is 0 Å². The number of aliphatic hydroxyl groups is 1. The molecule has 0 saturated heterocycles. The van der Waals surface area contributed by atoms with Crippen LogP contribution in [0.5, 0.6) is 0 Å². The lowest BCUT2D eigenvalue weighted by Gasteiger charge is -2.20. The van der Waals surface area contributed by atoms with Gasteiger partial charge < -0.3 is 10.4 Å². The van der Waals surface area contributed by atoms with Crippen molar-refractivity contribution in [2.24, 2.45) is 0 Å². The van der Waals surface area contributed by atoms with Crippen LogP contribution >= 0.6 is 15.9 Å². The molecule has 0 amide bonds. The van der Waals surface area contributed by atoms with Gasteiger partial charge in [0.2, 0.25) is 0 Å². The lowest BCUT2D eigenvalue weighted by molar-refractivity contribution is 0.237. The molecule has 1 atom stereocenters. The number of hydrogen-bond donors (Lipinski definition) is 2. The first kappa shape index (κ1) is 12.6. The summed E-state index contributed by atoms with van der Waals surface area (Å²) in [6.07, 6.45) is 0. The van der Waals surface area contributed by atoms with E-state index in [1.807, 2.05) is 13.8 Å². The second-order valence-electron chi connectivity index (χ2n) is 3.72. The Morgan fingerprint density at radius 2 is 2.13 bits per heavy atom. The lowest BCUT2D eigenvalue weighted by Crippen LogP contribution is -2.30. The third-order valence-electron chi connectivity index (χ3n) is 2.06. The van der Waals surface area contributed by atoms with Gasteiger partial charge in [0.25, 0.3) is 0 Å². The Morgan fingerprint density at radius 3 is 2.60 bits per heavy atom. The van der Waals surface area contributed by atoms with E-state index in [9.17, 15) is 9.50 Å². The number of hydrogen-bond acceptors (Lipinski definition) is 2. The summed E-state index contributed by atoms with van der Waals surface area (Å²) in [4.78, 5) is 0. The van der Waals surface area contributed by atoms with Gasteiger partial charge in [0.15, 0.2) is 0 Å². The van der Waals surface area contributed by atoms with Crippen LogP contribution in [0, 0.1) is 5.82 Å². The van der Waals surface area contributed by atoms with Crippen LogP contribution in [0.4, 0.5) is 4.39 Å². The zero-order chi connectivity index (χ0) is 11.4. The fraction of sp³-hybridized carbons (Fsp3) is 0.455. The molecule has 1 rings (SSSR count). The van der Waals surface area contributed by atoms with Crippen molar-refractivity contribution >= 4 is 15.9 Å². The molecular formula is C11H15BrFNO. The van der Waals surface area contributed by atoms with Gasteiger partial charge in [-0.25, -0.2) is 4.39 Å². The highest BCUT2D eigenvalue weighted by molar-refractivity contribution is 9.10. The first-order valence-corrected chi connectivity index (χ1v) is 5.65. The first-order chi connectivity index (χ1) is 7.04. The van der Waals surface area contributed by atoms with Gasteiger partial charge in [-0.15, -0.1) is 0 Å². The largest absolute Gasteiger partial charge is 0.394 e. The zero-order valence-electron chi connectivity index (χ0n) is 8.80. The van der Waals surface area contributed by atoms with Crippen LogP contribution in [0.15, 0.2) is 22.7 Å². The molecule has 84 valence electrons. The third-order valence-corrected chi connectivity index (χ3v) is 2.74. The number of benzene rings is 1. The van der Waals surface area contributed by atoms with Crippen LogP contribution in [0.25, 0.3) is 0 Å². The molecule has 0 saturated carbocycles. The molecule has 1 unspecified atom stereocenters. The van der Waals surface area contributed by atoms with Crippen LogP contribution in [-0.4, -0.2) is 17.8 Å². The maximum atomic E-state index is 12.9. The van der Waals surface area contributed by atoms with Crippen LogP contribution in [0.2, 0.25) is 0 Å². The van der Waals surface area contributed by atoms with E-state index in [0.29, 0.717) is 4.47 Å². The van der Waals surface area contributed by atoms with Gasteiger partial charge in [-0.1, -0.05) is 35.8 Å². The Hall–Kier alpha value is -0.450. The van der Waals surface area contributed by atoms with Crippen molar-refractivity contribution in [3.63, 3.8) is 0 Å². The molecule has 0 radical (unpaired) electrons. The Morgan fingerprint density at radius 1 is 1.47 bits per heavy atom. The van der Waals surface area contributed by atoms with Crippen LogP contribution in [-0.2, 0) is 0 Å². The fourth-order valence-corrected chi connectivity index (χ4v) is 2.05. The Balaban J connectivity index is 2.91. The predicted molar refractivity (Wildman–Crippen MR) is 62.2 cm³/mol. The number of rotatable bonds is 4. The Bertz CT molecular complexity index is 330. The summed E-state index contributed by atoms with van der Waals surface area (Å²) in [6.45, 7) is 3.99. The summed E-state index contributed by atoms with van der Waals surface area (Å²) < 4.78 is 13.5. The molecule has 0 aromatic heterocycles. The van der Waals surface area contributed by atoms with Gasteiger partial charge in [0.05, 0.1) is 12.6 Å². The molecule has 0 spiro atoms. The maximum Gasteiger partial charge on any atom is 0.124 e. The molecule has 2 nitrogen and oxygen atoms in total. The van der Waals surface area contributed by atoms with E-state index >= 15 is 0 Å². The molecule has 0 aliphatic rings. The van der Waals surface area contributed by atoms with Crippen molar-refractivity contribution in [2.45, 2.75) is 25.9 Å². The minimum Gasteiger partial charge on any atom is -0.394 e. The fourth-order valence-electron chi connectivity index (χ4n) is 1.43. The molecule has 1 aromatic carbocycles. The van der Waals surface area contributed by atoms with Gasteiger partial charge >= 0.3 is 0 Å². The summed E-state index contributed by atoms with van der Waals surface area (Å²) in [5.74, 6) is -0.285. The highest BCUT2D eigenvalue weighted by Crippen LogP contribution is 2.24. The van der Waals surface area contributed by atoms with Crippen LogP contribution in [0.1, 0.15) is 25.5 Å². The quantitative estimate of drug-likeness (QED) is 0.886. The molecule has 0 fully saturated rings. The SMILES string of the molecule is CC(C)NC(CO)c1ccc(F)cc1Br. The second kappa shape index (κ2) is 5.58. The average molecular weight is 276 g/mol. The standard InChI is InChI=1S/C11H15BrFNO/c1-7(2)14-11(6-15)9-4-3-8(13)5-10(9)12/h3-5,7,11,14-15H,6H2,1-2H3. The van der Waals surface area contributed by atoms with Crippen molar-refractivity contribution in [3.05, 3.63) is 34.1 Å². The molecular weight excluding hydrogens is 261 g/mol. The van der Waals surface area contributed by atoms with Gasteiger partial charge in [-0.3, -0.25) is 0 Å². The summed E-state index contributed by atoms with van der Waals surface area (Å²) in [7, 11) is 0. The molecule has 0 aliphatic carbocycles. The van der Waals surface area contributed by atoms with E-state index in [2.05, 4.69) is 21.2 Å². The molecule has 2 N–H and O–H groups in total. The van der Waals surface area contributed by atoms with E-state index in [1.54, 1.807) is 6.07 Å². The molecule has 0 aliphatic heterocycles. The van der Waals surface area contributed by atoms with Crippen molar-refractivity contribution in [2.75, 3.05) is 6.61 Å². The second-order valence-corrected chi connectivity index (χ2v) is 4.58. The summed E-state index contributed by atoms with van der Waals surface area (Å²) in [5, 5.41) is 12.4. The minimum atomic E-state index is -0.285. The van der Waals surface area contributed by atoms with E-state index in [-0.39, 0.29) is 24.5 Å². The normalized spacial score (nSPS) is 13.2. The molecule has 15 heavy (non-hydrogen) atoms. The van der Waals surface area contributed by atoms with E-state index < -0.39 is 0 Å². The van der Waals surface area contributed by atoms with Gasteiger partial charge in [-0.05, 0) is 17.7 Å². The number of aliphatic hydroxyl groups excluding tert-OH is 1. The Kier molecular flexibility index (Phi) is 4.70. The topological polar surface area (TPSA) is 32.3 Å². The third kappa shape index (κ3) is 3.55. The summed E-state index contributed by atoms with van der Waals surface area (Å²) in [5.41, 5.74) is 0.868. The van der Waals surface area contributed by atoms with Crippen molar-refractivity contribution in [1.82, 2.24) is 5.32 Å². The maximum absolute atomic E-state index is 12.9. The van der Waals surface area contributed by atoms with Gasteiger partial charge in [0, 0.05) is 10.5 Å². The Labute approximate surface area is 97.6 Å². The lowest BCUT2D eigenvalue weighted by atomic mass is 10.1. The molecule has 4 heteroatoms. The van der Waals surface area contributed by atoms with Gasteiger partial charge in [-0.2, -0.15) is 0 Å². The first-order valence-electron chi connectivity index (χ1n) is 4.86. The van der Waals surface area contributed by atoms with Crippen molar-refractivity contribution < 1.29 is 9.50 Å². The highest BCUT2D eigenvalue weighted by atomic mass is 79.9. The molecule has 1 aromatic rings. The minimum absolute atomic E-state index is 0.0115. The number of nitrogens with one attached hydrogen (secondary N) is 1. The average Bonchev–Trinajstić information content (AvgIpc) is 2.14. The monoisotopic (exact) mass is 275 g/mol. The molecule has 0 heterocycles.